The second-order valence-corrected chi connectivity index (χ2v) is 2.68. The molecule has 0 aromatic heterocycles. The number of ketones is 1. The molecule has 0 radical (unpaired) electrons. The molecule has 56 valence electrons. The third-order valence-corrected chi connectivity index (χ3v) is 1.80. The fourth-order valence-corrected chi connectivity index (χ4v) is 1.24. The van der Waals surface area contributed by atoms with Gasteiger partial charge in [-0.1, -0.05) is 6.08 Å². The van der Waals surface area contributed by atoms with E-state index in [1.807, 2.05) is 6.08 Å². The number of hydrogen-bond donors (Lipinski definition) is 1. The van der Waals surface area contributed by atoms with Crippen LogP contribution in [0.5, 0.6) is 0 Å². The molecule has 0 bridgehead atoms. The van der Waals surface area contributed by atoms with Crippen molar-refractivity contribution in [1.29, 1.82) is 0 Å². The van der Waals surface area contributed by atoms with Crippen molar-refractivity contribution < 1.29 is 4.79 Å². The monoisotopic (exact) mass is 139 g/mol. The second kappa shape index (κ2) is 3.52. The SMILES string of the molecule is C=CCNC1CCC(=O)C1. The zero-order valence-electron chi connectivity index (χ0n) is 6.10. The maximum Gasteiger partial charge on any atom is 0.134 e. The summed E-state index contributed by atoms with van der Waals surface area (Å²) in [5.74, 6) is 0.390. The molecule has 2 heteroatoms. The molecule has 0 saturated heterocycles. The molecule has 0 aromatic rings. The van der Waals surface area contributed by atoms with Gasteiger partial charge in [-0.25, -0.2) is 0 Å². The summed E-state index contributed by atoms with van der Waals surface area (Å²) in [5.41, 5.74) is 0. The molecule has 1 aliphatic carbocycles. The van der Waals surface area contributed by atoms with Crippen molar-refractivity contribution >= 4 is 5.78 Å². The predicted molar refractivity (Wildman–Crippen MR) is 40.8 cm³/mol. The lowest BCUT2D eigenvalue weighted by atomic mass is 10.2. The number of Topliss-reactive ketones (excluding diaryl/α,β-unsaturated/α-hetero) is 1. The van der Waals surface area contributed by atoms with Gasteiger partial charge in [0.2, 0.25) is 0 Å². The molecule has 0 aromatic carbocycles. The normalized spacial score (nSPS) is 25.2. The van der Waals surface area contributed by atoms with Crippen molar-refractivity contribution in [3.05, 3.63) is 12.7 Å². The highest BCUT2D eigenvalue weighted by molar-refractivity contribution is 5.81. The molecule has 1 atom stereocenters. The van der Waals surface area contributed by atoms with E-state index in [2.05, 4.69) is 11.9 Å². The van der Waals surface area contributed by atoms with Gasteiger partial charge in [0.15, 0.2) is 0 Å². The van der Waals surface area contributed by atoms with E-state index in [1.54, 1.807) is 0 Å². The Morgan fingerprint density at radius 1 is 1.80 bits per heavy atom. The summed E-state index contributed by atoms with van der Waals surface area (Å²) in [7, 11) is 0. The Labute approximate surface area is 61.3 Å². The maximum atomic E-state index is 10.8. The third-order valence-electron chi connectivity index (χ3n) is 1.80. The minimum Gasteiger partial charge on any atom is -0.310 e. The lowest BCUT2D eigenvalue weighted by Crippen LogP contribution is -2.26. The highest BCUT2D eigenvalue weighted by Gasteiger charge is 2.20. The largest absolute Gasteiger partial charge is 0.310 e. The van der Waals surface area contributed by atoms with Gasteiger partial charge in [0, 0.05) is 25.4 Å². The van der Waals surface area contributed by atoms with Crippen LogP contribution in [0.4, 0.5) is 0 Å². The molecule has 1 rings (SSSR count). The van der Waals surface area contributed by atoms with Crippen molar-refractivity contribution in [3.8, 4) is 0 Å². The number of hydrogen-bond acceptors (Lipinski definition) is 2. The quantitative estimate of drug-likeness (QED) is 0.588. The first kappa shape index (κ1) is 7.48. The van der Waals surface area contributed by atoms with Gasteiger partial charge in [0.25, 0.3) is 0 Å². The summed E-state index contributed by atoms with van der Waals surface area (Å²) in [4.78, 5) is 10.8. The van der Waals surface area contributed by atoms with Crippen molar-refractivity contribution in [2.45, 2.75) is 25.3 Å². The molecule has 0 aliphatic heterocycles. The average Bonchev–Trinajstić information content (AvgIpc) is 2.31. The van der Waals surface area contributed by atoms with Gasteiger partial charge in [-0.05, 0) is 6.42 Å². The Bertz CT molecular complexity index is 142. The van der Waals surface area contributed by atoms with Crippen LogP contribution in [0.1, 0.15) is 19.3 Å². The molecular formula is C8H13NO. The molecule has 1 fully saturated rings. The fraction of sp³-hybridized carbons (Fsp3) is 0.625. The first-order valence-electron chi connectivity index (χ1n) is 3.69. The summed E-state index contributed by atoms with van der Waals surface area (Å²) in [6.45, 7) is 4.41. The van der Waals surface area contributed by atoms with E-state index in [4.69, 9.17) is 0 Å². The molecule has 0 heterocycles. The second-order valence-electron chi connectivity index (χ2n) is 2.68. The topological polar surface area (TPSA) is 29.1 Å². The molecule has 0 spiro atoms. The van der Waals surface area contributed by atoms with Gasteiger partial charge in [0.1, 0.15) is 5.78 Å². The van der Waals surface area contributed by atoms with Crippen LogP contribution in [-0.2, 0) is 4.79 Å². The predicted octanol–water partition coefficient (Wildman–Crippen LogP) is 0.884. The van der Waals surface area contributed by atoms with Crippen LogP contribution < -0.4 is 5.32 Å². The molecule has 2 nitrogen and oxygen atoms in total. The summed E-state index contributed by atoms with van der Waals surface area (Å²) in [5, 5.41) is 3.22. The van der Waals surface area contributed by atoms with E-state index in [0.29, 0.717) is 18.2 Å². The van der Waals surface area contributed by atoms with Crippen LogP contribution in [0, 0.1) is 0 Å². The molecule has 1 aliphatic rings. The van der Waals surface area contributed by atoms with E-state index < -0.39 is 0 Å². The van der Waals surface area contributed by atoms with Crippen LogP contribution in [0.15, 0.2) is 12.7 Å². The van der Waals surface area contributed by atoms with Crippen LogP contribution in [0.3, 0.4) is 0 Å². The maximum absolute atomic E-state index is 10.8. The molecule has 1 N–H and O–H groups in total. The first-order chi connectivity index (χ1) is 4.83. The number of carbonyl (C=O) groups excluding carboxylic acids is 1. The van der Waals surface area contributed by atoms with Gasteiger partial charge in [-0.3, -0.25) is 4.79 Å². The van der Waals surface area contributed by atoms with E-state index in [1.165, 1.54) is 0 Å². The zero-order chi connectivity index (χ0) is 7.40. The lowest BCUT2D eigenvalue weighted by molar-refractivity contribution is -0.117. The van der Waals surface area contributed by atoms with E-state index >= 15 is 0 Å². The summed E-state index contributed by atoms with van der Waals surface area (Å²) < 4.78 is 0. The zero-order valence-corrected chi connectivity index (χ0v) is 6.10. The Hall–Kier alpha value is -0.630. The average molecular weight is 139 g/mol. The van der Waals surface area contributed by atoms with Crippen LogP contribution in [-0.4, -0.2) is 18.4 Å². The highest BCUT2D eigenvalue weighted by atomic mass is 16.1. The molecular weight excluding hydrogens is 126 g/mol. The number of rotatable bonds is 3. The minimum atomic E-state index is 0.390. The van der Waals surface area contributed by atoms with E-state index in [-0.39, 0.29) is 0 Å². The third kappa shape index (κ3) is 1.95. The summed E-state index contributed by atoms with van der Waals surface area (Å²) >= 11 is 0. The van der Waals surface area contributed by atoms with Crippen molar-refractivity contribution in [3.63, 3.8) is 0 Å². The first-order valence-corrected chi connectivity index (χ1v) is 3.69. The van der Waals surface area contributed by atoms with Gasteiger partial charge in [-0.2, -0.15) is 0 Å². The Morgan fingerprint density at radius 2 is 2.60 bits per heavy atom. The highest BCUT2D eigenvalue weighted by Crippen LogP contribution is 2.13. The van der Waals surface area contributed by atoms with Gasteiger partial charge < -0.3 is 5.32 Å². The van der Waals surface area contributed by atoms with Crippen LogP contribution in [0.2, 0.25) is 0 Å². The van der Waals surface area contributed by atoms with Gasteiger partial charge in [-0.15, -0.1) is 6.58 Å². The standard InChI is InChI=1S/C8H13NO/c1-2-5-9-7-3-4-8(10)6-7/h2,7,9H,1,3-6H2. The molecule has 0 amide bonds. The van der Waals surface area contributed by atoms with Gasteiger partial charge >= 0.3 is 0 Å². The minimum absolute atomic E-state index is 0.390. The van der Waals surface area contributed by atoms with Crippen molar-refractivity contribution in [1.82, 2.24) is 5.32 Å². The van der Waals surface area contributed by atoms with Crippen molar-refractivity contribution in [2.75, 3.05) is 6.54 Å². The number of nitrogens with one attached hydrogen (secondary N) is 1. The summed E-state index contributed by atoms with van der Waals surface area (Å²) in [6.07, 6.45) is 4.30. The Kier molecular flexibility index (Phi) is 2.63. The van der Waals surface area contributed by atoms with Crippen LogP contribution in [0.25, 0.3) is 0 Å². The smallest absolute Gasteiger partial charge is 0.134 e. The molecule has 1 unspecified atom stereocenters. The lowest BCUT2D eigenvalue weighted by Gasteiger charge is -2.06. The molecule has 10 heavy (non-hydrogen) atoms. The van der Waals surface area contributed by atoms with E-state index in [0.717, 1.165) is 19.4 Å². The van der Waals surface area contributed by atoms with Gasteiger partial charge in [0.05, 0.1) is 0 Å². The molecule has 1 saturated carbocycles. The van der Waals surface area contributed by atoms with Crippen LogP contribution >= 0.6 is 0 Å². The fourth-order valence-electron chi connectivity index (χ4n) is 1.24. The summed E-state index contributed by atoms with van der Waals surface area (Å²) in [6, 6.07) is 0.422. The number of carbonyl (C=O) groups is 1. The van der Waals surface area contributed by atoms with Crippen molar-refractivity contribution in [2.24, 2.45) is 0 Å². The Balaban J connectivity index is 2.18. The Morgan fingerprint density at radius 3 is 3.10 bits per heavy atom. The van der Waals surface area contributed by atoms with E-state index in [9.17, 15) is 4.79 Å².